The Hall–Kier alpha value is -0.0400. The van der Waals surface area contributed by atoms with E-state index in [0.717, 1.165) is 18.3 Å². The summed E-state index contributed by atoms with van der Waals surface area (Å²) in [5, 5.41) is 9.86. The zero-order valence-electron chi connectivity index (χ0n) is 10.00. The third-order valence-corrected chi connectivity index (χ3v) is 4.04. The van der Waals surface area contributed by atoms with E-state index in [4.69, 9.17) is 0 Å². The Morgan fingerprint density at radius 3 is 2.50 bits per heavy atom. The summed E-state index contributed by atoms with van der Waals surface area (Å²) in [6, 6.07) is 0. The van der Waals surface area contributed by atoms with Crippen molar-refractivity contribution in [3.8, 4) is 0 Å². The Morgan fingerprint density at radius 2 is 2.00 bits per heavy atom. The molecule has 3 unspecified atom stereocenters. The van der Waals surface area contributed by atoms with Crippen LogP contribution in [0.4, 0.5) is 0 Å². The highest BCUT2D eigenvalue weighted by Gasteiger charge is 2.29. The average Bonchev–Trinajstić information content (AvgIpc) is 2.19. The minimum Gasteiger partial charge on any atom is -0.393 e. The highest BCUT2D eigenvalue weighted by Crippen LogP contribution is 2.36. The maximum Gasteiger partial charge on any atom is 0.0568 e. The fraction of sp³-hybridized carbons (Fsp3) is 1.00. The van der Waals surface area contributed by atoms with E-state index in [2.05, 4.69) is 20.8 Å². The summed E-state index contributed by atoms with van der Waals surface area (Å²) in [4.78, 5) is 0. The minimum absolute atomic E-state index is 0.0281. The third kappa shape index (κ3) is 2.98. The molecule has 1 heteroatoms. The minimum atomic E-state index is -0.0281. The lowest BCUT2D eigenvalue weighted by atomic mass is 9.73. The Balaban J connectivity index is 2.43. The molecule has 1 fully saturated rings. The van der Waals surface area contributed by atoms with Crippen LogP contribution in [0.1, 0.15) is 59.3 Å². The molecular formula is C13H26O. The molecule has 84 valence electrons. The van der Waals surface area contributed by atoms with Gasteiger partial charge in [-0.1, -0.05) is 40.0 Å². The number of hydrogen-bond donors (Lipinski definition) is 1. The Kier molecular flexibility index (Phi) is 4.94. The third-order valence-electron chi connectivity index (χ3n) is 4.04. The number of aliphatic hydroxyl groups is 1. The zero-order chi connectivity index (χ0) is 10.6. The van der Waals surface area contributed by atoms with Crippen molar-refractivity contribution < 1.29 is 5.11 Å². The Labute approximate surface area is 88.9 Å². The molecule has 1 N–H and O–H groups in total. The van der Waals surface area contributed by atoms with Gasteiger partial charge in [0.2, 0.25) is 0 Å². The van der Waals surface area contributed by atoms with Crippen molar-refractivity contribution >= 4 is 0 Å². The lowest BCUT2D eigenvalue weighted by molar-refractivity contribution is 0.0339. The van der Waals surface area contributed by atoms with Crippen molar-refractivity contribution in [1.82, 2.24) is 0 Å². The molecule has 0 aliphatic heterocycles. The van der Waals surface area contributed by atoms with E-state index >= 15 is 0 Å². The Morgan fingerprint density at radius 1 is 1.29 bits per heavy atom. The van der Waals surface area contributed by atoms with Gasteiger partial charge < -0.3 is 5.11 Å². The van der Waals surface area contributed by atoms with Crippen LogP contribution in [-0.2, 0) is 0 Å². The molecule has 0 radical (unpaired) electrons. The summed E-state index contributed by atoms with van der Waals surface area (Å²) >= 11 is 0. The summed E-state index contributed by atoms with van der Waals surface area (Å²) < 4.78 is 0. The molecular weight excluding hydrogens is 172 g/mol. The molecule has 0 heterocycles. The first-order chi connectivity index (χ1) is 6.69. The molecule has 4 atom stereocenters. The molecule has 0 amide bonds. The van der Waals surface area contributed by atoms with Crippen molar-refractivity contribution in [3.05, 3.63) is 0 Å². The van der Waals surface area contributed by atoms with E-state index in [1.165, 1.54) is 32.1 Å². The summed E-state index contributed by atoms with van der Waals surface area (Å²) in [5.41, 5.74) is 0. The normalized spacial score (nSPS) is 35.6. The standard InChI is InChI=1S/C13H26O/c1-4-6-11(5-2)12-8-7-10(3)13(14)9-12/h10-14H,4-9H2,1-3H3/t10-,11?,12?,13?/m1/s1. The van der Waals surface area contributed by atoms with Crippen molar-refractivity contribution in [2.45, 2.75) is 65.4 Å². The highest BCUT2D eigenvalue weighted by molar-refractivity contribution is 4.80. The number of rotatable bonds is 4. The molecule has 1 aliphatic rings. The maximum absolute atomic E-state index is 9.86. The van der Waals surface area contributed by atoms with Crippen LogP contribution in [-0.4, -0.2) is 11.2 Å². The topological polar surface area (TPSA) is 20.2 Å². The van der Waals surface area contributed by atoms with Gasteiger partial charge in [-0.15, -0.1) is 0 Å². The van der Waals surface area contributed by atoms with Crippen molar-refractivity contribution in [3.63, 3.8) is 0 Å². The molecule has 0 aromatic carbocycles. The SMILES string of the molecule is CCCC(CC)C1CC[C@@H](C)C(O)C1. The van der Waals surface area contributed by atoms with E-state index in [-0.39, 0.29) is 6.10 Å². The summed E-state index contributed by atoms with van der Waals surface area (Å²) in [7, 11) is 0. The van der Waals surface area contributed by atoms with Gasteiger partial charge in [0.05, 0.1) is 6.10 Å². The lowest BCUT2D eigenvalue weighted by Crippen LogP contribution is -2.31. The van der Waals surface area contributed by atoms with E-state index in [0.29, 0.717) is 5.92 Å². The van der Waals surface area contributed by atoms with Crippen LogP contribution in [0.2, 0.25) is 0 Å². The quantitative estimate of drug-likeness (QED) is 0.731. The van der Waals surface area contributed by atoms with Gasteiger partial charge in [0, 0.05) is 0 Å². The first-order valence-electron chi connectivity index (χ1n) is 6.37. The summed E-state index contributed by atoms with van der Waals surface area (Å²) in [5.74, 6) is 2.19. The zero-order valence-corrected chi connectivity index (χ0v) is 10.00. The molecule has 0 saturated heterocycles. The fourth-order valence-corrected chi connectivity index (χ4v) is 2.90. The second-order valence-corrected chi connectivity index (χ2v) is 5.07. The predicted molar refractivity (Wildman–Crippen MR) is 61.2 cm³/mol. The highest BCUT2D eigenvalue weighted by atomic mass is 16.3. The maximum atomic E-state index is 9.86. The van der Waals surface area contributed by atoms with Crippen LogP contribution in [0.5, 0.6) is 0 Å². The Bertz CT molecular complexity index is 155. The first kappa shape index (κ1) is 12.0. The van der Waals surface area contributed by atoms with E-state index in [1.807, 2.05) is 0 Å². The van der Waals surface area contributed by atoms with Gasteiger partial charge in [-0.2, -0.15) is 0 Å². The lowest BCUT2D eigenvalue weighted by Gasteiger charge is -2.35. The predicted octanol–water partition coefficient (Wildman–Crippen LogP) is 3.61. The van der Waals surface area contributed by atoms with Gasteiger partial charge in [-0.3, -0.25) is 0 Å². The van der Waals surface area contributed by atoms with Gasteiger partial charge in [0.25, 0.3) is 0 Å². The van der Waals surface area contributed by atoms with Gasteiger partial charge in [0.15, 0.2) is 0 Å². The van der Waals surface area contributed by atoms with Crippen molar-refractivity contribution in [2.75, 3.05) is 0 Å². The molecule has 0 aromatic heterocycles. The van der Waals surface area contributed by atoms with E-state index in [9.17, 15) is 5.11 Å². The molecule has 0 bridgehead atoms. The van der Waals surface area contributed by atoms with E-state index < -0.39 is 0 Å². The molecule has 1 saturated carbocycles. The molecule has 1 aliphatic carbocycles. The second-order valence-electron chi connectivity index (χ2n) is 5.07. The van der Waals surface area contributed by atoms with Crippen LogP contribution in [0.15, 0.2) is 0 Å². The van der Waals surface area contributed by atoms with Crippen molar-refractivity contribution in [2.24, 2.45) is 17.8 Å². The first-order valence-corrected chi connectivity index (χ1v) is 6.37. The average molecular weight is 198 g/mol. The summed E-state index contributed by atoms with van der Waals surface area (Å²) in [6.07, 6.45) is 7.53. The number of aliphatic hydroxyl groups excluding tert-OH is 1. The smallest absolute Gasteiger partial charge is 0.0568 e. The molecule has 0 spiro atoms. The molecule has 0 aromatic rings. The van der Waals surface area contributed by atoms with Gasteiger partial charge in [-0.25, -0.2) is 0 Å². The van der Waals surface area contributed by atoms with Crippen LogP contribution in [0.25, 0.3) is 0 Å². The molecule has 1 rings (SSSR count). The fourth-order valence-electron chi connectivity index (χ4n) is 2.90. The van der Waals surface area contributed by atoms with Gasteiger partial charge in [0.1, 0.15) is 0 Å². The van der Waals surface area contributed by atoms with Crippen LogP contribution in [0.3, 0.4) is 0 Å². The van der Waals surface area contributed by atoms with Crippen molar-refractivity contribution in [1.29, 1.82) is 0 Å². The van der Waals surface area contributed by atoms with Crippen LogP contribution in [0, 0.1) is 17.8 Å². The molecule has 14 heavy (non-hydrogen) atoms. The monoisotopic (exact) mass is 198 g/mol. The summed E-state index contributed by atoms with van der Waals surface area (Å²) in [6.45, 7) is 6.75. The van der Waals surface area contributed by atoms with Crippen LogP contribution >= 0.6 is 0 Å². The van der Waals surface area contributed by atoms with Gasteiger partial charge in [-0.05, 0) is 37.0 Å². The second kappa shape index (κ2) is 5.75. The van der Waals surface area contributed by atoms with E-state index in [1.54, 1.807) is 0 Å². The number of hydrogen-bond acceptors (Lipinski definition) is 1. The van der Waals surface area contributed by atoms with Crippen LogP contribution < -0.4 is 0 Å². The molecule has 1 nitrogen and oxygen atoms in total. The van der Waals surface area contributed by atoms with Gasteiger partial charge >= 0.3 is 0 Å². The largest absolute Gasteiger partial charge is 0.393 e.